The topological polar surface area (TPSA) is 45.9 Å². The van der Waals surface area contributed by atoms with E-state index >= 15 is 0 Å². The van der Waals surface area contributed by atoms with Crippen molar-refractivity contribution >= 4 is 11.6 Å². The van der Waals surface area contributed by atoms with Crippen molar-refractivity contribution in [2.75, 3.05) is 7.11 Å². The van der Waals surface area contributed by atoms with E-state index < -0.39 is 12.1 Å². The molecule has 0 atom stereocenters. The zero-order valence-electron chi connectivity index (χ0n) is 7.09. The van der Waals surface area contributed by atoms with E-state index in [1.165, 1.54) is 7.11 Å². The number of halogens is 3. The number of hydrogen-bond acceptors (Lipinski definition) is 3. The van der Waals surface area contributed by atoms with Gasteiger partial charge < -0.3 is 4.74 Å². The molecular formula is C8H5ClF2N2O. The molecule has 0 saturated carbocycles. The molecule has 0 radical (unpaired) electrons. The van der Waals surface area contributed by atoms with Gasteiger partial charge in [0.15, 0.2) is 0 Å². The minimum atomic E-state index is -2.76. The third-order valence-electron chi connectivity index (χ3n) is 1.48. The first-order valence-electron chi connectivity index (χ1n) is 3.52. The van der Waals surface area contributed by atoms with Crippen LogP contribution in [-0.2, 0) is 0 Å². The highest BCUT2D eigenvalue weighted by atomic mass is 35.5. The van der Waals surface area contributed by atoms with Crippen molar-refractivity contribution in [2.45, 2.75) is 6.43 Å². The molecule has 0 aliphatic heterocycles. The highest BCUT2D eigenvalue weighted by Gasteiger charge is 2.16. The quantitative estimate of drug-likeness (QED) is 0.766. The third-order valence-corrected chi connectivity index (χ3v) is 1.85. The van der Waals surface area contributed by atoms with Gasteiger partial charge in [-0.25, -0.2) is 13.8 Å². The summed E-state index contributed by atoms with van der Waals surface area (Å²) in [6.07, 6.45) is -2.76. The Morgan fingerprint density at radius 1 is 1.64 bits per heavy atom. The fraction of sp³-hybridized carbons (Fsp3) is 0.250. The van der Waals surface area contributed by atoms with E-state index in [2.05, 4.69) is 9.72 Å². The van der Waals surface area contributed by atoms with Crippen LogP contribution in [0.25, 0.3) is 0 Å². The maximum atomic E-state index is 12.3. The summed E-state index contributed by atoms with van der Waals surface area (Å²) in [5.74, 6) is -0.166. The maximum Gasteiger partial charge on any atom is 0.280 e. The van der Waals surface area contributed by atoms with Gasteiger partial charge in [0.2, 0.25) is 5.88 Å². The number of aromatic nitrogens is 1. The Morgan fingerprint density at radius 2 is 2.29 bits per heavy atom. The van der Waals surface area contributed by atoms with Crippen LogP contribution in [0.15, 0.2) is 6.07 Å². The summed E-state index contributed by atoms with van der Waals surface area (Å²) in [6, 6.07) is 2.62. The molecule has 1 rings (SSSR count). The molecule has 0 aromatic carbocycles. The summed E-state index contributed by atoms with van der Waals surface area (Å²) in [7, 11) is 1.24. The minimum Gasteiger partial charge on any atom is -0.480 e. The molecule has 1 heterocycles. The summed E-state index contributed by atoms with van der Waals surface area (Å²) < 4.78 is 29.2. The summed E-state index contributed by atoms with van der Waals surface area (Å²) in [5.41, 5.74) is -0.600. The smallest absolute Gasteiger partial charge is 0.280 e. The molecule has 1 aromatic rings. The van der Waals surface area contributed by atoms with E-state index in [0.717, 1.165) is 6.07 Å². The van der Waals surface area contributed by atoms with Crippen molar-refractivity contribution in [1.29, 1.82) is 5.26 Å². The lowest BCUT2D eigenvalue weighted by Gasteiger charge is -2.05. The van der Waals surface area contributed by atoms with Crippen molar-refractivity contribution in [1.82, 2.24) is 4.98 Å². The highest BCUT2D eigenvalue weighted by Crippen LogP contribution is 2.29. The number of pyridine rings is 1. The average molecular weight is 219 g/mol. The molecule has 0 saturated heterocycles. The van der Waals surface area contributed by atoms with Gasteiger partial charge in [-0.05, 0) is 6.07 Å². The molecule has 0 unspecified atom stereocenters. The Hall–Kier alpha value is -1.41. The summed E-state index contributed by atoms with van der Waals surface area (Å²) in [5, 5.41) is 8.53. The first kappa shape index (κ1) is 10.7. The first-order chi connectivity index (χ1) is 6.60. The predicted molar refractivity (Wildman–Crippen MR) is 45.5 cm³/mol. The van der Waals surface area contributed by atoms with Crippen LogP contribution in [0, 0.1) is 11.3 Å². The predicted octanol–water partition coefficient (Wildman–Crippen LogP) is 2.55. The van der Waals surface area contributed by atoms with Crippen LogP contribution in [0.4, 0.5) is 8.78 Å². The number of hydrogen-bond donors (Lipinski definition) is 0. The fourth-order valence-corrected chi connectivity index (χ4v) is 1.07. The van der Waals surface area contributed by atoms with E-state index in [1.807, 2.05) is 0 Å². The monoisotopic (exact) mass is 218 g/mol. The van der Waals surface area contributed by atoms with Gasteiger partial charge in [0.1, 0.15) is 16.8 Å². The third kappa shape index (κ3) is 1.91. The summed E-state index contributed by atoms with van der Waals surface area (Å²) >= 11 is 5.63. The van der Waals surface area contributed by atoms with E-state index in [-0.39, 0.29) is 16.5 Å². The molecule has 0 aliphatic rings. The standard InChI is InChI=1S/C8H5ClF2N2O/c1-14-8-6(9)4(3-12)2-5(13-8)7(10)11/h2,7H,1H3. The number of methoxy groups -OCH3 is 1. The van der Waals surface area contributed by atoms with Crippen LogP contribution in [0.2, 0.25) is 5.02 Å². The van der Waals surface area contributed by atoms with Crippen molar-refractivity contribution < 1.29 is 13.5 Å². The Balaban J connectivity index is 3.34. The number of alkyl halides is 2. The zero-order chi connectivity index (χ0) is 10.7. The SMILES string of the molecule is COc1nc(C(F)F)cc(C#N)c1Cl. The van der Waals surface area contributed by atoms with Gasteiger partial charge in [0.25, 0.3) is 6.43 Å². The lowest BCUT2D eigenvalue weighted by Crippen LogP contribution is -1.97. The number of nitrogens with zero attached hydrogens (tertiary/aromatic N) is 2. The number of nitriles is 1. The van der Waals surface area contributed by atoms with Gasteiger partial charge in [-0.3, -0.25) is 0 Å². The molecular weight excluding hydrogens is 214 g/mol. The van der Waals surface area contributed by atoms with Crippen LogP contribution < -0.4 is 4.74 Å². The van der Waals surface area contributed by atoms with Gasteiger partial charge >= 0.3 is 0 Å². The Labute approximate surface area is 83.9 Å². The van der Waals surface area contributed by atoms with E-state index in [0.29, 0.717) is 0 Å². The van der Waals surface area contributed by atoms with Crippen LogP contribution in [0.5, 0.6) is 5.88 Å². The maximum absolute atomic E-state index is 12.3. The zero-order valence-corrected chi connectivity index (χ0v) is 7.85. The fourth-order valence-electron chi connectivity index (χ4n) is 0.853. The molecule has 6 heteroatoms. The Kier molecular flexibility index (Phi) is 3.20. The summed E-state index contributed by atoms with van der Waals surface area (Å²) in [4.78, 5) is 3.44. The molecule has 0 spiro atoms. The molecule has 0 bridgehead atoms. The van der Waals surface area contributed by atoms with Crippen molar-refractivity contribution in [3.05, 3.63) is 22.3 Å². The van der Waals surface area contributed by atoms with Gasteiger partial charge in [-0.15, -0.1) is 0 Å². The van der Waals surface area contributed by atoms with E-state index in [9.17, 15) is 8.78 Å². The van der Waals surface area contributed by atoms with Gasteiger partial charge in [0.05, 0.1) is 12.7 Å². The van der Waals surface area contributed by atoms with Gasteiger partial charge in [-0.1, -0.05) is 11.6 Å². The van der Waals surface area contributed by atoms with Gasteiger partial charge in [0, 0.05) is 0 Å². The Morgan fingerprint density at radius 3 is 2.71 bits per heavy atom. The first-order valence-corrected chi connectivity index (χ1v) is 3.90. The second-order valence-corrected chi connectivity index (χ2v) is 2.71. The van der Waals surface area contributed by atoms with Gasteiger partial charge in [-0.2, -0.15) is 5.26 Å². The second kappa shape index (κ2) is 4.20. The molecule has 0 fully saturated rings. The molecule has 74 valence electrons. The lowest BCUT2D eigenvalue weighted by atomic mass is 10.2. The number of ether oxygens (including phenoxy) is 1. The molecule has 0 amide bonds. The van der Waals surface area contributed by atoms with E-state index in [4.69, 9.17) is 16.9 Å². The Bertz CT molecular complexity index is 390. The average Bonchev–Trinajstić information content (AvgIpc) is 2.17. The van der Waals surface area contributed by atoms with Crippen molar-refractivity contribution in [2.24, 2.45) is 0 Å². The molecule has 14 heavy (non-hydrogen) atoms. The molecule has 1 aromatic heterocycles. The highest BCUT2D eigenvalue weighted by molar-refractivity contribution is 6.33. The largest absolute Gasteiger partial charge is 0.480 e. The molecule has 0 N–H and O–H groups in total. The van der Waals surface area contributed by atoms with Crippen molar-refractivity contribution in [3.63, 3.8) is 0 Å². The van der Waals surface area contributed by atoms with E-state index in [1.54, 1.807) is 6.07 Å². The molecule has 0 aliphatic carbocycles. The molecule has 3 nitrogen and oxygen atoms in total. The van der Waals surface area contributed by atoms with Crippen LogP contribution in [-0.4, -0.2) is 12.1 Å². The lowest BCUT2D eigenvalue weighted by molar-refractivity contribution is 0.145. The van der Waals surface area contributed by atoms with Crippen molar-refractivity contribution in [3.8, 4) is 11.9 Å². The normalized spacial score (nSPS) is 10.0. The van der Waals surface area contributed by atoms with Crippen LogP contribution in [0.3, 0.4) is 0 Å². The van der Waals surface area contributed by atoms with Crippen LogP contribution in [0.1, 0.15) is 17.7 Å². The van der Waals surface area contributed by atoms with Crippen LogP contribution >= 0.6 is 11.6 Å². The number of rotatable bonds is 2. The minimum absolute atomic E-state index is 0.0561. The second-order valence-electron chi connectivity index (χ2n) is 2.33. The summed E-state index contributed by atoms with van der Waals surface area (Å²) in [6.45, 7) is 0.